The Morgan fingerprint density at radius 1 is 1.05 bits per heavy atom. The Hall–Kier alpha value is -2.29. The minimum Gasteiger partial charge on any atom is -0.353 e. The first-order valence-corrected chi connectivity index (χ1v) is 6.42. The lowest BCUT2D eigenvalue weighted by Gasteiger charge is -2.36. The molecule has 3 nitrogen and oxygen atoms in total. The second-order valence-electron chi connectivity index (χ2n) is 4.81. The first kappa shape index (κ1) is 11.8. The van der Waals surface area contributed by atoms with Gasteiger partial charge in [0.2, 0.25) is 0 Å². The maximum absolute atomic E-state index is 12.1. The third-order valence-electron chi connectivity index (χ3n) is 3.57. The number of nitrogens with zero attached hydrogens (tertiary/aromatic N) is 1. The van der Waals surface area contributed by atoms with Crippen molar-refractivity contribution in [1.29, 1.82) is 0 Å². The van der Waals surface area contributed by atoms with Crippen LogP contribution < -0.4 is 10.2 Å². The molecule has 0 saturated carbocycles. The molecule has 1 atom stereocenters. The minimum absolute atomic E-state index is 0.00444. The summed E-state index contributed by atoms with van der Waals surface area (Å²) < 4.78 is 0. The molecule has 0 radical (unpaired) electrons. The number of para-hydroxylation sites is 1. The third-order valence-corrected chi connectivity index (χ3v) is 3.57. The Morgan fingerprint density at radius 2 is 1.74 bits per heavy atom. The Kier molecular flexibility index (Phi) is 2.95. The number of amides is 1. The van der Waals surface area contributed by atoms with E-state index in [0.717, 1.165) is 17.7 Å². The van der Waals surface area contributed by atoms with Gasteiger partial charge >= 0.3 is 0 Å². The second kappa shape index (κ2) is 4.76. The zero-order valence-corrected chi connectivity index (χ0v) is 10.8. The molecule has 0 saturated heterocycles. The van der Waals surface area contributed by atoms with E-state index in [1.807, 2.05) is 49.5 Å². The Morgan fingerprint density at radius 3 is 2.53 bits per heavy atom. The molecule has 2 aromatic carbocycles. The van der Waals surface area contributed by atoms with Crippen molar-refractivity contribution in [1.82, 2.24) is 5.32 Å². The van der Waals surface area contributed by atoms with Crippen molar-refractivity contribution in [3.8, 4) is 0 Å². The fourth-order valence-electron chi connectivity index (χ4n) is 2.49. The SMILES string of the molecule is CN1c2ccccc2C(=O)NC1Cc1ccccc1. The van der Waals surface area contributed by atoms with Gasteiger partial charge in [-0.05, 0) is 17.7 Å². The summed E-state index contributed by atoms with van der Waals surface area (Å²) in [6.07, 6.45) is 0.807. The highest BCUT2D eigenvalue weighted by Gasteiger charge is 2.27. The first-order chi connectivity index (χ1) is 9.25. The third kappa shape index (κ3) is 2.19. The summed E-state index contributed by atoms with van der Waals surface area (Å²) in [6, 6.07) is 17.9. The minimum atomic E-state index is 0.00444. The average Bonchev–Trinajstić information content (AvgIpc) is 2.46. The highest BCUT2D eigenvalue weighted by atomic mass is 16.2. The van der Waals surface area contributed by atoms with Crippen molar-refractivity contribution in [2.75, 3.05) is 11.9 Å². The van der Waals surface area contributed by atoms with Gasteiger partial charge < -0.3 is 10.2 Å². The lowest BCUT2D eigenvalue weighted by molar-refractivity contribution is 0.0928. The average molecular weight is 252 g/mol. The smallest absolute Gasteiger partial charge is 0.254 e. The molecule has 1 N–H and O–H groups in total. The molecule has 2 aromatic rings. The number of anilines is 1. The topological polar surface area (TPSA) is 32.3 Å². The molecule has 0 fully saturated rings. The molecular formula is C16H16N2O. The second-order valence-corrected chi connectivity index (χ2v) is 4.81. The molecule has 3 rings (SSSR count). The van der Waals surface area contributed by atoms with E-state index in [2.05, 4.69) is 22.3 Å². The van der Waals surface area contributed by atoms with E-state index in [-0.39, 0.29) is 12.1 Å². The standard InChI is InChI=1S/C16H16N2O/c1-18-14-10-6-5-9-13(14)16(19)17-15(18)11-12-7-3-2-4-8-12/h2-10,15H,11H2,1H3,(H,17,19). The number of fused-ring (bicyclic) bond motifs is 1. The van der Waals surface area contributed by atoms with Crippen molar-refractivity contribution in [3.05, 3.63) is 65.7 Å². The number of likely N-dealkylation sites (N-methyl/N-ethyl adjacent to an activating group) is 1. The van der Waals surface area contributed by atoms with E-state index in [9.17, 15) is 4.79 Å². The van der Waals surface area contributed by atoms with Crippen molar-refractivity contribution in [2.24, 2.45) is 0 Å². The summed E-state index contributed by atoms with van der Waals surface area (Å²) in [7, 11) is 2.02. The van der Waals surface area contributed by atoms with Crippen molar-refractivity contribution in [2.45, 2.75) is 12.6 Å². The van der Waals surface area contributed by atoms with Crippen LogP contribution in [0.5, 0.6) is 0 Å². The highest BCUT2D eigenvalue weighted by Crippen LogP contribution is 2.25. The fraction of sp³-hybridized carbons (Fsp3) is 0.188. The molecule has 1 unspecified atom stereocenters. The Labute approximate surface area is 112 Å². The van der Waals surface area contributed by atoms with E-state index in [0.29, 0.717) is 0 Å². The van der Waals surface area contributed by atoms with Gasteiger partial charge in [-0.3, -0.25) is 4.79 Å². The molecule has 0 aromatic heterocycles. The number of benzene rings is 2. The van der Waals surface area contributed by atoms with Gasteiger partial charge in [0.05, 0.1) is 11.3 Å². The van der Waals surface area contributed by atoms with Gasteiger partial charge in [-0.2, -0.15) is 0 Å². The largest absolute Gasteiger partial charge is 0.353 e. The number of hydrogen-bond acceptors (Lipinski definition) is 2. The molecule has 1 aliphatic rings. The van der Waals surface area contributed by atoms with Crippen molar-refractivity contribution in [3.63, 3.8) is 0 Å². The maximum Gasteiger partial charge on any atom is 0.254 e. The van der Waals surface area contributed by atoms with Crippen LogP contribution in [0.15, 0.2) is 54.6 Å². The van der Waals surface area contributed by atoms with Crippen molar-refractivity contribution < 1.29 is 4.79 Å². The van der Waals surface area contributed by atoms with E-state index < -0.39 is 0 Å². The number of nitrogens with one attached hydrogen (secondary N) is 1. The van der Waals surface area contributed by atoms with Crippen LogP contribution in [0.1, 0.15) is 15.9 Å². The molecule has 1 aliphatic heterocycles. The molecule has 1 amide bonds. The predicted molar refractivity (Wildman–Crippen MR) is 76.2 cm³/mol. The molecule has 0 spiro atoms. The summed E-state index contributed by atoms with van der Waals surface area (Å²) in [5, 5.41) is 3.06. The summed E-state index contributed by atoms with van der Waals surface area (Å²) in [4.78, 5) is 14.2. The first-order valence-electron chi connectivity index (χ1n) is 6.42. The summed E-state index contributed by atoms with van der Waals surface area (Å²) >= 11 is 0. The molecular weight excluding hydrogens is 236 g/mol. The number of carbonyl (C=O) groups excluding carboxylic acids is 1. The summed E-state index contributed by atoms with van der Waals surface area (Å²) in [5.74, 6) is 0.00892. The van der Waals surface area contributed by atoms with Crippen LogP contribution in [-0.4, -0.2) is 19.1 Å². The number of carbonyl (C=O) groups is 1. The van der Waals surface area contributed by atoms with Crippen LogP contribution in [0, 0.1) is 0 Å². The zero-order chi connectivity index (χ0) is 13.2. The van der Waals surface area contributed by atoms with Crippen molar-refractivity contribution >= 4 is 11.6 Å². The number of rotatable bonds is 2. The lowest BCUT2D eigenvalue weighted by atomic mass is 10.0. The number of hydrogen-bond donors (Lipinski definition) is 1. The van der Waals surface area contributed by atoms with E-state index in [1.165, 1.54) is 5.56 Å². The maximum atomic E-state index is 12.1. The molecule has 0 bridgehead atoms. The van der Waals surface area contributed by atoms with Gasteiger partial charge in [0.1, 0.15) is 6.17 Å². The molecule has 96 valence electrons. The van der Waals surface area contributed by atoms with E-state index in [1.54, 1.807) is 0 Å². The molecule has 0 aliphatic carbocycles. The summed E-state index contributed by atoms with van der Waals surface area (Å²) in [6.45, 7) is 0. The van der Waals surface area contributed by atoms with E-state index in [4.69, 9.17) is 0 Å². The predicted octanol–water partition coefficient (Wildman–Crippen LogP) is 2.44. The van der Waals surface area contributed by atoms with Crippen LogP contribution in [-0.2, 0) is 6.42 Å². The van der Waals surface area contributed by atoms with E-state index >= 15 is 0 Å². The van der Waals surface area contributed by atoms with Crippen LogP contribution in [0.4, 0.5) is 5.69 Å². The van der Waals surface area contributed by atoms with Crippen LogP contribution in [0.2, 0.25) is 0 Å². The van der Waals surface area contributed by atoms with Crippen LogP contribution in [0.3, 0.4) is 0 Å². The normalized spacial score (nSPS) is 17.8. The van der Waals surface area contributed by atoms with Gasteiger partial charge in [0, 0.05) is 13.5 Å². The van der Waals surface area contributed by atoms with Gasteiger partial charge in [-0.25, -0.2) is 0 Å². The van der Waals surface area contributed by atoms with Gasteiger partial charge in [-0.15, -0.1) is 0 Å². The van der Waals surface area contributed by atoms with Gasteiger partial charge in [0.15, 0.2) is 0 Å². The van der Waals surface area contributed by atoms with Gasteiger partial charge in [-0.1, -0.05) is 42.5 Å². The van der Waals surface area contributed by atoms with Crippen LogP contribution >= 0.6 is 0 Å². The van der Waals surface area contributed by atoms with Gasteiger partial charge in [0.25, 0.3) is 5.91 Å². The molecule has 19 heavy (non-hydrogen) atoms. The van der Waals surface area contributed by atoms with Crippen LogP contribution in [0.25, 0.3) is 0 Å². The monoisotopic (exact) mass is 252 g/mol. The lowest BCUT2D eigenvalue weighted by Crippen LogP contribution is -2.52. The zero-order valence-electron chi connectivity index (χ0n) is 10.8. The Balaban J connectivity index is 1.88. The quantitative estimate of drug-likeness (QED) is 0.890. The Bertz CT molecular complexity index is 595. The molecule has 1 heterocycles. The highest BCUT2D eigenvalue weighted by molar-refractivity contribution is 6.01. The molecule has 3 heteroatoms. The fourth-order valence-corrected chi connectivity index (χ4v) is 2.49. The summed E-state index contributed by atoms with van der Waals surface area (Å²) in [5.41, 5.74) is 2.96.